The first-order chi connectivity index (χ1) is 47.2. The zero-order valence-corrected chi connectivity index (χ0v) is 54.6. The van der Waals surface area contributed by atoms with Gasteiger partial charge in [-0.2, -0.15) is 0 Å². The second-order valence-electron chi connectivity index (χ2n) is 25.3. The Bertz CT molecular complexity index is 1840. The Balaban J connectivity index is 1.17. The predicted molar refractivity (Wildman–Crippen MR) is 332 cm³/mol. The maximum Gasteiger partial charge on any atom is 0.187 e. The number of hydrogen-bond acceptors (Lipinski definition) is 42. The first kappa shape index (κ1) is 82.0. The molecule has 0 radical (unpaired) electrons. The maximum absolute atomic E-state index is 12.1. The predicted octanol–water partition coefficient (Wildman–Crippen LogP) is -18.3. The van der Waals surface area contributed by atoms with Crippen LogP contribution in [0.4, 0.5) is 0 Å². The van der Waals surface area contributed by atoms with Crippen molar-refractivity contribution in [2.75, 3.05) is 137 Å². The first-order valence-corrected chi connectivity index (χ1v) is 33.7. The van der Waals surface area contributed by atoms with Crippen LogP contribution in [0.1, 0.15) is 0 Å². The van der Waals surface area contributed by atoms with Crippen molar-refractivity contribution in [3.63, 3.8) is 0 Å². The minimum absolute atomic E-state index is 0.118. The molecule has 0 spiro atoms. The van der Waals surface area contributed by atoms with Crippen molar-refractivity contribution >= 4 is 0 Å². The summed E-state index contributed by atoms with van der Waals surface area (Å²) < 4.78 is 88.1. The van der Waals surface area contributed by atoms with E-state index >= 15 is 0 Å². The molecule has 0 aromatic carbocycles. The Morgan fingerprint density at radius 3 is 0.388 bits per heavy atom. The van der Waals surface area contributed by atoms with E-state index in [9.17, 15) is 71.5 Å². The van der Waals surface area contributed by atoms with Crippen molar-refractivity contribution < 1.29 is 138 Å². The minimum Gasteiger partial charge on any atom is -0.387 e. The molecule has 21 rings (SSSR count). The van der Waals surface area contributed by atoms with Crippen LogP contribution >= 0.6 is 0 Å². The molecule has 35 N–H and O–H groups in total. The van der Waals surface area contributed by atoms with E-state index in [0.29, 0.717) is 0 Å². The molecule has 98 heavy (non-hydrogen) atoms. The molecule has 0 saturated carbocycles. The van der Waals surface area contributed by atoms with Crippen LogP contribution in [-0.4, -0.2) is 424 Å². The second-order valence-corrected chi connectivity index (χ2v) is 25.3. The third-order valence-corrected chi connectivity index (χ3v) is 18.2. The Hall–Kier alpha value is -1.68. The van der Waals surface area contributed by atoms with Gasteiger partial charge in [-0.3, -0.25) is 0 Å². The Morgan fingerprint density at radius 2 is 0.286 bits per heavy atom. The molecule has 0 amide bonds. The molecule has 21 heterocycles. The molecule has 42 heteroatoms. The Kier molecular flexibility index (Phi) is 33.6. The van der Waals surface area contributed by atoms with Crippen molar-refractivity contribution in [3.05, 3.63) is 0 Å². The van der Waals surface area contributed by atoms with E-state index in [1.165, 1.54) is 0 Å². The molecule has 0 unspecified atom stereocenters. The topological polar surface area (TPSA) is 679 Å². The van der Waals surface area contributed by atoms with Crippen molar-refractivity contribution in [1.82, 2.24) is 37.2 Å². The molecular formula is C56H112N14O28. The van der Waals surface area contributed by atoms with Gasteiger partial charge in [0.25, 0.3) is 0 Å². The molecule has 42 nitrogen and oxygen atoms in total. The van der Waals surface area contributed by atoms with Gasteiger partial charge in [0.2, 0.25) is 0 Å². The van der Waals surface area contributed by atoms with Crippen molar-refractivity contribution in [2.45, 2.75) is 215 Å². The van der Waals surface area contributed by atoms with E-state index in [2.05, 4.69) is 37.2 Å². The molecule has 0 aromatic rings. The molecule has 21 aliphatic rings. The number of rotatable bonds is 28. The van der Waals surface area contributed by atoms with Gasteiger partial charge in [-0.25, -0.2) is 0 Å². The van der Waals surface area contributed by atoms with Crippen molar-refractivity contribution in [1.29, 1.82) is 0 Å². The highest BCUT2D eigenvalue weighted by Crippen LogP contribution is 2.39. The molecule has 0 aliphatic carbocycles. The number of ether oxygens (including phenoxy) is 14. The highest BCUT2D eigenvalue weighted by molar-refractivity contribution is 5.03. The van der Waals surface area contributed by atoms with Gasteiger partial charge in [0.1, 0.15) is 171 Å². The fourth-order valence-corrected chi connectivity index (χ4v) is 13.0. The van der Waals surface area contributed by atoms with Crippen LogP contribution in [0.25, 0.3) is 0 Å². The number of aliphatic hydroxyl groups excluding tert-OH is 14. The zero-order chi connectivity index (χ0) is 70.9. The molecule has 21 fully saturated rings. The number of hydrogen-bond donors (Lipinski definition) is 28. The molecule has 21 aliphatic heterocycles. The lowest BCUT2D eigenvalue weighted by molar-refractivity contribution is -0.392. The Labute approximate surface area is 566 Å². The van der Waals surface area contributed by atoms with E-state index in [1.807, 2.05) is 0 Å². The summed E-state index contributed by atoms with van der Waals surface area (Å²) >= 11 is 0. The van der Waals surface area contributed by atoms with Crippen LogP contribution in [0.15, 0.2) is 0 Å². The summed E-state index contributed by atoms with van der Waals surface area (Å²) in [7, 11) is 0. The number of nitrogens with two attached hydrogens (primary N) is 7. The standard InChI is InChI=1S/C56H112N14O28/c57-1-8-64-15-22-43-29(71)36(78)50(85-22)93-44-23(16-65-9-2-58)87-52(38(80)31(44)73)95-46-25(18-67-11-4-60)89-54(40(82)33(46)75)97-48-27(20-69-13-6-62)91-56(42(84)35(48)77)98-49-28(21-70-14-7-63)90-55(41(83)34(49)76)96-47-26(19-68-12-5-61)88-53(39(81)32(47)74)94-45-24(17-66-10-3-59)86-51(92-43)37(79)30(45)72/h22-56,64-84H,1-21,57-63H2/t22-,23-,24-,25-,26-,27-,28-,29-,30-,31-,32-,33-,34+,35+,36-,37-,38-,39-,40-,41-,42-,43-,44-,45-,46-,47-,48-,49-,50-,51-,52-,53-,54-,55-,56-/m1/s1. The van der Waals surface area contributed by atoms with E-state index in [0.717, 1.165) is 0 Å². The molecular weight excluding hydrogens is 1320 g/mol. The van der Waals surface area contributed by atoms with E-state index in [4.69, 9.17) is 106 Å². The molecule has 574 valence electrons. The lowest BCUT2D eigenvalue weighted by Crippen LogP contribution is -2.69. The van der Waals surface area contributed by atoms with E-state index in [1.54, 1.807) is 0 Å². The number of aliphatic hydroxyl groups is 14. The van der Waals surface area contributed by atoms with Gasteiger partial charge in [-0.1, -0.05) is 0 Å². The Morgan fingerprint density at radius 1 is 0.173 bits per heavy atom. The molecule has 21 saturated heterocycles. The van der Waals surface area contributed by atoms with Crippen molar-refractivity contribution in [2.24, 2.45) is 40.1 Å². The van der Waals surface area contributed by atoms with E-state index < -0.39 is 215 Å². The first-order valence-electron chi connectivity index (χ1n) is 33.7. The van der Waals surface area contributed by atoms with Crippen LogP contribution in [0.2, 0.25) is 0 Å². The third-order valence-electron chi connectivity index (χ3n) is 18.2. The van der Waals surface area contributed by atoms with Gasteiger partial charge in [0.15, 0.2) is 44.0 Å². The summed E-state index contributed by atoms with van der Waals surface area (Å²) in [4.78, 5) is 0. The summed E-state index contributed by atoms with van der Waals surface area (Å²) in [6.07, 6.45) is -62.3. The van der Waals surface area contributed by atoms with Gasteiger partial charge in [-0.15, -0.1) is 0 Å². The van der Waals surface area contributed by atoms with Crippen molar-refractivity contribution in [3.8, 4) is 0 Å². The van der Waals surface area contributed by atoms with Crippen LogP contribution in [0, 0.1) is 0 Å². The van der Waals surface area contributed by atoms with E-state index in [-0.39, 0.29) is 137 Å². The molecule has 14 bridgehead atoms. The summed E-state index contributed by atoms with van der Waals surface area (Å²) in [6, 6.07) is 0. The SMILES string of the molecule is NCCNC[C@H]1O[C@@H]2O[C@H]3[C@H](O)[C@@H](O)[C@@H](O[C@H]4[C@H](O)[C@@H](O)[C@@H](O[C@H]5[C@@H](O)[C@@H](O)[C@@H](O[C@H]6[C@@H](O)[C@@H](O)[C@@H](O[C@H]7[C@H](O)[C@@H](O)[C@@H](O[C@H]8[C@H](O)[C@@H](O)[C@@H](O[C@H]1[C@H](O)[C@H]2O)O[C@@H]8CNCCN)O[C@@H]7CNCCN)O[C@@H]6CNCCN)O[C@@H]5CNCCN)O[C@@H]4CNCCN)O[C@@H]3CNCCN. The minimum atomic E-state index is -2.06. The fraction of sp³-hybridized carbons (Fsp3) is 1.00. The summed E-state index contributed by atoms with van der Waals surface area (Å²) in [5.41, 5.74) is 40.8. The number of nitrogens with one attached hydrogen (secondary N) is 7. The summed E-state index contributed by atoms with van der Waals surface area (Å²) in [5, 5.41) is 189. The third kappa shape index (κ3) is 20.3. The highest BCUT2D eigenvalue weighted by atomic mass is 16.8. The largest absolute Gasteiger partial charge is 0.387 e. The van der Waals surface area contributed by atoms with Gasteiger partial charge in [0.05, 0.1) is 0 Å². The van der Waals surface area contributed by atoms with Gasteiger partial charge >= 0.3 is 0 Å². The monoisotopic (exact) mass is 1430 g/mol. The van der Waals surface area contributed by atoms with Crippen LogP contribution in [-0.2, 0) is 66.3 Å². The fourth-order valence-electron chi connectivity index (χ4n) is 13.0. The highest BCUT2D eigenvalue weighted by Gasteiger charge is 2.60. The van der Waals surface area contributed by atoms with Crippen LogP contribution in [0.3, 0.4) is 0 Å². The molecule has 35 atom stereocenters. The van der Waals surface area contributed by atoms with Gasteiger partial charge in [0, 0.05) is 137 Å². The lowest BCUT2D eigenvalue weighted by atomic mass is 9.94. The van der Waals surface area contributed by atoms with Gasteiger partial charge < -0.3 is 215 Å². The van der Waals surface area contributed by atoms with Crippen LogP contribution in [0.5, 0.6) is 0 Å². The quantitative estimate of drug-likeness (QED) is 0.0324. The summed E-state index contributed by atoms with van der Waals surface area (Å²) in [5.74, 6) is 0. The zero-order valence-electron chi connectivity index (χ0n) is 54.6. The molecule has 0 aromatic heterocycles. The van der Waals surface area contributed by atoms with Crippen LogP contribution < -0.4 is 77.4 Å². The summed E-state index contributed by atoms with van der Waals surface area (Å²) in [6.45, 7) is 0.738. The lowest BCUT2D eigenvalue weighted by Gasteiger charge is -2.50. The normalized spacial score (nSPS) is 46.1. The smallest absolute Gasteiger partial charge is 0.187 e. The maximum atomic E-state index is 12.1. The second kappa shape index (κ2) is 40.2. The average Bonchev–Trinajstić information content (AvgIpc) is 0.779. The van der Waals surface area contributed by atoms with Gasteiger partial charge in [-0.05, 0) is 0 Å². The average molecular weight is 1430 g/mol.